The van der Waals surface area contributed by atoms with E-state index in [2.05, 4.69) is 11.9 Å². The van der Waals surface area contributed by atoms with Crippen molar-refractivity contribution >= 4 is 11.6 Å². The van der Waals surface area contributed by atoms with Crippen molar-refractivity contribution in [2.45, 2.75) is 18.2 Å². The molecule has 2 atom stereocenters. The molecule has 0 saturated carbocycles. The van der Waals surface area contributed by atoms with Crippen molar-refractivity contribution in [3.05, 3.63) is 53.9 Å². The highest BCUT2D eigenvalue weighted by molar-refractivity contribution is 6.21. The van der Waals surface area contributed by atoms with E-state index in [4.69, 9.17) is 21.1 Å². The number of rotatable bonds is 5. The zero-order chi connectivity index (χ0) is 14.5. The smallest absolute Gasteiger partial charge is 0.165 e. The summed E-state index contributed by atoms with van der Waals surface area (Å²) in [6, 6.07) is 11.6. The Hall–Kier alpha value is -1.74. The summed E-state index contributed by atoms with van der Waals surface area (Å²) in [5, 5.41) is -0.241. The van der Waals surface area contributed by atoms with Gasteiger partial charge < -0.3 is 9.47 Å². The molecule has 2 unspecified atom stereocenters. The van der Waals surface area contributed by atoms with Crippen LogP contribution in [-0.2, 0) is 0 Å². The second-order valence-corrected chi connectivity index (χ2v) is 5.00. The topological polar surface area (TPSA) is 31.4 Å². The standard InChI is InChI=1S/C16H18ClNO2/c1-11(13-8-4-5-10-18-13)15(17)12-7-6-9-14(19-2)16(12)20-3/h4-11,15H,1-3H3. The Balaban J connectivity index is 2.36. The number of benzene rings is 1. The molecule has 106 valence electrons. The Kier molecular flexibility index (Phi) is 4.85. The third-order valence-electron chi connectivity index (χ3n) is 3.32. The highest BCUT2D eigenvalue weighted by Gasteiger charge is 2.24. The molecule has 0 saturated heterocycles. The number of methoxy groups -OCH3 is 2. The fourth-order valence-corrected chi connectivity index (χ4v) is 2.49. The average Bonchev–Trinajstić information content (AvgIpc) is 2.53. The first kappa shape index (κ1) is 14.7. The Bertz CT molecular complexity index is 560. The van der Waals surface area contributed by atoms with Gasteiger partial charge in [-0.2, -0.15) is 0 Å². The number of hydrogen-bond donors (Lipinski definition) is 0. The van der Waals surface area contributed by atoms with Gasteiger partial charge in [-0.25, -0.2) is 0 Å². The minimum Gasteiger partial charge on any atom is -0.493 e. The summed E-state index contributed by atoms with van der Waals surface area (Å²) in [7, 11) is 3.24. The fourth-order valence-electron chi connectivity index (χ4n) is 2.19. The molecule has 1 aromatic carbocycles. The summed E-state index contributed by atoms with van der Waals surface area (Å²) in [4.78, 5) is 4.37. The van der Waals surface area contributed by atoms with Gasteiger partial charge in [0.15, 0.2) is 11.5 Å². The molecule has 0 spiro atoms. The van der Waals surface area contributed by atoms with Crippen molar-refractivity contribution in [3.8, 4) is 11.5 Å². The fraction of sp³-hybridized carbons (Fsp3) is 0.312. The molecule has 20 heavy (non-hydrogen) atoms. The lowest BCUT2D eigenvalue weighted by molar-refractivity contribution is 0.350. The van der Waals surface area contributed by atoms with Crippen molar-refractivity contribution in [1.82, 2.24) is 4.98 Å². The second kappa shape index (κ2) is 6.62. The van der Waals surface area contributed by atoms with Gasteiger partial charge in [0.25, 0.3) is 0 Å². The molecule has 0 fully saturated rings. The highest BCUT2D eigenvalue weighted by atomic mass is 35.5. The number of halogens is 1. The van der Waals surface area contributed by atoms with Gasteiger partial charge in [0.1, 0.15) is 0 Å². The Labute approximate surface area is 124 Å². The molecule has 0 N–H and O–H groups in total. The van der Waals surface area contributed by atoms with E-state index in [1.165, 1.54) is 0 Å². The van der Waals surface area contributed by atoms with Crippen LogP contribution in [0, 0.1) is 0 Å². The second-order valence-electron chi connectivity index (χ2n) is 4.53. The third-order valence-corrected chi connectivity index (χ3v) is 3.94. The molecular formula is C16H18ClNO2. The van der Waals surface area contributed by atoms with Crippen LogP contribution in [-0.4, -0.2) is 19.2 Å². The first-order valence-electron chi connectivity index (χ1n) is 6.45. The van der Waals surface area contributed by atoms with Crippen molar-refractivity contribution in [2.24, 2.45) is 0 Å². The molecule has 4 heteroatoms. The lowest BCUT2D eigenvalue weighted by Gasteiger charge is -2.21. The van der Waals surface area contributed by atoms with E-state index < -0.39 is 0 Å². The van der Waals surface area contributed by atoms with E-state index >= 15 is 0 Å². The quantitative estimate of drug-likeness (QED) is 0.774. The monoisotopic (exact) mass is 291 g/mol. The predicted octanol–water partition coefficient (Wildman–Crippen LogP) is 4.18. The molecule has 0 aliphatic rings. The van der Waals surface area contributed by atoms with Crippen LogP contribution in [0.4, 0.5) is 0 Å². The number of para-hydroxylation sites is 1. The van der Waals surface area contributed by atoms with E-state index in [0.717, 1.165) is 11.3 Å². The predicted molar refractivity (Wildman–Crippen MR) is 80.8 cm³/mol. The molecule has 0 radical (unpaired) electrons. The number of pyridine rings is 1. The van der Waals surface area contributed by atoms with Crippen LogP contribution in [0.1, 0.15) is 29.5 Å². The molecule has 0 aliphatic carbocycles. The lowest BCUT2D eigenvalue weighted by atomic mass is 9.96. The molecule has 0 amide bonds. The summed E-state index contributed by atoms with van der Waals surface area (Å²) in [6.45, 7) is 2.05. The molecule has 1 aromatic heterocycles. The van der Waals surface area contributed by atoms with Crippen molar-refractivity contribution in [3.63, 3.8) is 0 Å². The molecule has 2 aromatic rings. The van der Waals surface area contributed by atoms with Gasteiger partial charge in [-0.05, 0) is 18.2 Å². The van der Waals surface area contributed by atoms with Crippen LogP contribution in [0.3, 0.4) is 0 Å². The van der Waals surface area contributed by atoms with Gasteiger partial charge in [0, 0.05) is 23.4 Å². The minimum absolute atomic E-state index is 0.0684. The number of hydrogen-bond acceptors (Lipinski definition) is 3. The van der Waals surface area contributed by atoms with E-state index in [0.29, 0.717) is 11.5 Å². The largest absolute Gasteiger partial charge is 0.493 e. The van der Waals surface area contributed by atoms with Gasteiger partial charge in [0.2, 0.25) is 0 Å². The maximum absolute atomic E-state index is 6.63. The van der Waals surface area contributed by atoms with Crippen LogP contribution in [0.15, 0.2) is 42.6 Å². The number of nitrogens with zero attached hydrogens (tertiary/aromatic N) is 1. The third kappa shape index (κ3) is 2.88. The first-order chi connectivity index (χ1) is 9.69. The molecule has 0 aliphatic heterocycles. The van der Waals surface area contributed by atoms with Crippen LogP contribution < -0.4 is 9.47 Å². The normalized spacial score (nSPS) is 13.6. The first-order valence-corrected chi connectivity index (χ1v) is 6.88. The molecular weight excluding hydrogens is 274 g/mol. The minimum atomic E-state index is -0.241. The average molecular weight is 292 g/mol. The van der Waals surface area contributed by atoms with E-state index in [1.807, 2.05) is 36.4 Å². The Morgan fingerprint density at radius 2 is 1.85 bits per heavy atom. The van der Waals surface area contributed by atoms with Crippen LogP contribution >= 0.6 is 11.6 Å². The lowest BCUT2D eigenvalue weighted by Crippen LogP contribution is -2.06. The summed E-state index contributed by atoms with van der Waals surface area (Å²) >= 11 is 6.63. The SMILES string of the molecule is COc1cccc(C(Cl)C(C)c2ccccn2)c1OC. The van der Waals surface area contributed by atoms with Crippen LogP contribution in [0.2, 0.25) is 0 Å². The van der Waals surface area contributed by atoms with Crippen LogP contribution in [0.5, 0.6) is 11.5 Å². The zero-order valence-corrected chi connectivity index (χ0v) is 12.6. The summed E-state index contributed by atoms with van der Waals surface area (Å²) in [6.07, 6.45) is 1.78. The number of aromatic nitrogens is 1. The van der Waals surface area contributed by atoms with Gasteiger partial charge in [-0.3, -0.25) is 4.98 Å². The van der Waals surface area contributed by atoms with Gasteiger partial charge in [-0.15, -0.1) is 11.6 Å². The maximum atomic E-state index is 6.63. The van der Waals surface area contributed by atoms with Gasteiger partial charge in [0.05, 0.1) is 19.6 Å². The molecule has 2 rings (SSSR count). The van der Waals surface area contributed by atoms with Crippen molar-refractivity contribution in [2.75, 3.05) is 14.2 Å². The highest BCUT2D eigenvalue weighted by Crippen LogP contribution is 2.43. The number of alkyl halides is 1. The number of ether oxygens (including phenoxy) is 2. The Morgan fingerprint density at radius 1 is 1.05 bits per heavy atom. The van der Waals surface area contributed by atoms with Gasteiger partial charge in [-0.1, -0.05) is 25.1 Å². The zero-order valence-electron chi connectivity index (χ0n) is 11.8. The molecule has 0 bridgehead atoms. The summed E-state index contributed by atoms with van der Waals surface area (Å²) < 4.78 is 10.8. The van der Waals surface area contributed by atoms with Crippen molar-refractivity contribution < 1.29 is 9.47 Å². The van der Waals surface area contributed by atoms with E-state index in [9.17, 15) is 0 Å². The van der Waals surface area contributed by atoms with Crippen molar-refractivity contribution in [1.29, 1.82) is 0 Å². The van der Waals surface area contributed by atoms with Gasteiger partial charge >= 0.3 is 0 Å². The maximum Gasteiger partial charge on any atom is 0.165 e. The molecule has 1 heterocycles. The summed E-state index contributed by atoms with van der Waals surface area (Å²) in [5.74, 6) is 1.43. The van der Waals surface area contributed by atoms with Crippen LogP contribution in [0.25, 0.3) is 0 Å². The van der Waals surface area contributed by atoms with E-state index in [1.54, 1.807) is 20.4 Å². The molecule has 3 nitrogen and oxygen atoms in total. The summed E-state index contributed by atoms with van der Waals surface area (Å²) in [5.41, 5.74) is 1.86. The Morgan fingerprint density at radius 3 is 2.45 bits per heavy atom. The van der Waals surface area contributed by atoms with E-state index in [-0.39, 0.29) is 11.3 Å².